The average molecular weight is 408 g/mol. The second kappa shape index (κ2) is 8.20. The number of aromatic nitrogens is 2. The molecule has 6 nitrogen and oxygen atoms in total. The van der Waals surface area contributed by atoms with Crippen LogP contribution in [0.5, 0.6) is 0 Å². The summed E-state index contributed by atoms with van der Waals surface area (Å²) in [6.07, 6.45) is 2.28. The van der Waals surface area contributed by atoms with Gasteiger partial charge in [-0.05, 0) is 30.5 Å². The Labute approximate surface area is 172 Å². The largest absolute Gasteiger partial charge is 0.376 e. The van der Waals surface area contributed by atoms with E-state index in [1.165, 1.54) is 29.0 Å². The van der Waals surface area contributed by atoms with Gasteiger partial charge in [0.05, 0.1) is 18.6 Å². The van der Waals surface area contributed by atoms with Crippen molar-refractivity contribution in [1.29, 1.82) is 0 Å². The Balaban J connectivity index is 1.53. The number of carbonyl (C=O) groups excluding carboxylic acids is 1. The summed E-state index contributed by atoms with van der Waals surface area (Å²) in [7, 11) is 0. The number of carbonyl (C=O) groups is 1. The zero-order chi connectivity index (χ0) is 21.1. The Morgan fingerprint density at radius 2 is 1.87 bits per heavy atom. The van der Waals surface area contributed by atoms with Crippen molar-refractivity contribution in [3.63, 3.8) is 0 Å². The molecule has 1 aliphatic rings. The van der Waals surface area contributed by atoms with Gasteiger partial charge in [0.2, 0.25) is 0 Å². The van der Waals surface area contributed by atoms with E-state index in [1.54, 1.807) is 36.4 Å². The number of nitrogens with zero attached hydrogens (tertiary/aromatic N) is 1. The number of H-pyrrole nitrogens is 1. The van der Waals surface area contributed by atoms with Gasteiger partial charge >= 0.3 is 5.69 Å². The molecular weight excluding hydrogens is 387 g/mol. The maximum atomic E-state index is 13.4. The van der Waals surface area contributed by atoms with Crippen LogP contribution in [0.25, 0.3) is 0 Å². The number of hydrogen-bond donors (Lipinski definition) is 1. The third-order valence-corrected chi connectivity index (χ3v) is 5.55. The van der Waals surface area contributed by atoms with Crippen LogP contribution in [0.4, 0.5) is 4.39 Å². The van der Waals surface area contributed by atoms with Crippen LogP contribution < -0.4 is 11.2 Å². The Hall–Kier alpha value is -3.32. The molecule has 0 aliphatic heterocycles. The van der Waals surface area contributed by atoms with Crippen molar-refractivity contribution >= 4 is 5.78 Å². The van der Waals surface area contributed by atoms with E-state index in [-0.39, 0.29) is 30.9 Å². The predicted octanol–water partition coefficient (Wildman–Crippen LogP) is 3.10. The molecular formula is C23H21FN2O4. The molecule has 7 heteroatoms. The van der Waals surface area contributed by atoms with E-state index in [1.807, 2.05) is 6.07 Å². The van der Waals surface area contributed by atoms with Gasteiger partial charge in [0.25, 0.3) is 5.56 Å². The molecule has 1 fully saturated rings. The molecule has 1 aromatic heterocycles. The number of halogens is 1. The van der Waals surface area contributed by atoms with Gasteiger partial charge < -0.3 is 4.74 Å². The first-order chi connectivity index (χ1) is 14.5. The number of Topliss-reactive ketones (excluding diaryl/α,β-unsaturated/α-hetero) is 1. The second-order valence-corrected chi connectivity index (χ2v) is 7.68. The lowest BCUT2D eigenvalue weighted by atomic mass is 9.62. The topological polar surface area (TPSA) is 81.2 Å². The lowest BCUT2D eigenvalue weighted by molar-refractivity contribution is -0.0254. The smallest absolute Gasteiger partial charge is 0.328 e. The summed E-state index contributed by atoms with van der Waals surface area (Å²) < 4.78 is 20.7. The first-order valence-electron chi connectivity index (χ1n) is 9.70. The second-order valence-electron chi connectivity index (χ2n) is 7.68. The van der Waals surface area contributed by atoms with Crippen LogP contribution >= 0.6 is 0 Å². The third kappa shape index (κ3) is 4.02. The number of hydrogen-bond acceptors (Lipinski definition) is 4. The number of rotatable bonds is 7. The maximum absolute atomic E-state index is 13.4. The van der Waals surface area contributed by atoms with Gasteiger partial charge in [-0.1, -0.05) is 42.5 Å². The molecule has 0 radical (unpaired) electrons. The van der Waals surface area contributed by atoms with Crippen LogP contribution in [0.2, 0.25) is 0 Å². The molecule has 4 rings (SSSR count). The molecule has 154 valence electrons. The first-order valence-corrected chi connectivity index (χ1v) is 9.70. The Bertz CT molecular complexity index is 1160. The van der Waals surface area contributed by atoms with E-state index in [0.29, 0.717) is 24.0 Å². The van der Waals surface area contributed by atoms with Crippen molar-refractivity contribution < 1.29 is 13.9 Å². The average Bonchev–Trinajstić information content (AvgIpc) is 2.71. The molecule has 1 heterocycles. The van der Waals surface area contributed by atoms with Crippen LogP contribution in [-0.4, -0.2) is 21.9 Å². The van der Waals surface area contributed by atoms with Gasteiger partial charge in [-0.2, -0.15) is 0 Å². The Kier molecular flexibility index (Phi) is 5.46. The zero-order valence-corrected chi connectivity index (χ0v) is 16.2. The minimum atomic E-state index is -0.783. The van der Waals surface area contributed by atoms with Crippen molar-refractivity contribution in [1.82, 2.24) is 9.55 Å². The highest BCUT2D eigenvalue weighted by atomic mass is 19.1. The van der Waals surface area contributed by atoms with Gasteiger partial charge in [0.15, 0.2) is 5.78 Å². The van der Waals surface area contributed by atoms with Crippen LogP contribution in [0, 0.1) is 11.2 Å². The molecule has 3 aromatic rings. The minimum absolute atomic E-state index is 0.0453. The van der Waals surface area contributed by atoms with Crippen LogP contribution in [0.15, 0.2) is 76.4 Å². The van der Waals surface area contributed by atoms with Crippen LogP contribution in [-0.2, 0) is 11.3 Å². The molecule has 30 heavy (non-hydrogen) atoms. The summed E-state index contributed by atoms with van der Waals surface area (Å²) in [5, 5.41) is 0. The summed E-state index contributed by atoms with van der Waals surface area (Å²) in [6, 6.07) is 16.2. The van der Waals surface area contributed by atoms with Gasteiger partial charge in [0, 0.05) is 23.9 Å². The number of aromatic amines is 1. The standard InChI is InChI=1S/C23H21FN2O4/c24-18-8-4-5-16(11-18)14-30-15-23(21(28)17-6-2-1-3-7-17)12-19(13-23)26-10-9-20(27)25-22(26)29/h1-11,19H,12-15H2,(H,25,27,29). The third-order valence-electron chi connectivity index (χ3n) is 5.55. The summed E-state index contributed by atoms with van der Waals surface area (Å²) in [4.78, 5) is 39.0. The quantitative estimate of drug-likeness (QED) is 0.609. The zero-order valence-electron chi connectivity index (χ0n) is 16.2. The molecule has 0 atom stereocenters. The fourth-order valence-corrected chi connectivity index (χ4v) is 4.01. The number of nitrogens with one attached hydrogen (secondary N) is 1. The molecule has 0 spiro atoms. The summed E-state index contributed by atoms with van der Waals surface area (Å²) >= 11 is 0. The molecule has 0 unspecified atom stereocenters. The molecule has 2 aromatic carbocycles. The highest BCUT2D eigenvalue weighted by Crippen LogP contribution is 2.50. The van der Waals surface area contributed by atoms with E-state index in [4.69, 9.17) is 4.74 Å². The minimum Gasteiger partial charge on any atom is -0.376 e. The fourth-order valence-electron chi connectivity index (χ4n) is 4.01. The fraction of sp³-hybridized carbons (Fsp3) is 0.261. The van der Waals surface area contributed by atoms with E-state index in [2.05, 4.69) is 4.98 Å². The van der Waals surface area contributed by atoms with E-state index in [0.717, 1.165) is 0 Å². The maximum Gasteiger partial charge on any atom is 0.328 e. The number of ketones is 1. The first kappa shape index (κ1) is 20.0. The van der Waals surface area contributed by atoms with Crippen molar-refractivity contribution in [3.8, 4) is 0 Å². The summed E-state index contributed by atoms with van der Waals surface area (Å²) in [5.41, 5.74) is -0.465. The SMILES string of the molecule is O=C(c1ccccc1)C1(COCc2cccc(F)c2)CC(n2ccc(=O)[nH]c2=O)C1. The Morgan fingerprint density at radius 1 is 1.10 bits per heavy atom. The normalized spacial score (nSPS) is 20.5. The molecule has 0 amide bonds. The van der Waals surface area contributed by atoms with E-state index >= 15 is 0 Å². The molecule has 1 saturated carbocycles. The van der Waals surface area contributed by atoms with Gasteiger partial charge in [-0.25, -0.2) is 9.18 Å². The lowest BCUT2D eigenvalue weighted by Gasteiger charge is -2.46. The summed E-state index contributed by atoms with van der Waals surface area (Å²) in [5.74, 6) is -0.386. The van der Waals surface area contributed by atoms with Crippen LogP contribution in [0.1, 0.15) is 34.8 Å². The van der Waals surface area contributed by atoms with E-state index < -0.39 is 16.7 Å². The highest BCUT2D eigenvalue weighted by molar-refractivity contribution is 6.01. The number of benzene rings is 2. The molecule has 0 saturated heterocycles. The Morgan fingerprint density at radius 3 is 2.57 bits per heavy atom. The monoisotopic (exact) mass is 408 g/mol. The van der Waals surface area contributed by atoms with Crippen molar-refractivity contribution in [2.45, 2.75) is 25.5 Å². The lowest BCUT2D eigenvalue weighted by Crippen LogP contribution is -2.50. The molecule has 1 N–H and O–H groups in total. The van der Waals surface area contributed by atoms with Gasteiger partial charge in [-0.3, -0.25) is 19.1 Å². The van der Waals surface area contributed by atoms with Crippen molar-refractivity contribution in [2.24, 2.45) is 5.41 Å². The van der Waals surface area contributed by atoms with Gasteiger partial charge in [0.1, 0.15) is 5.82 Å². The predicted molar refractivity (Wildman–Crippen MR) is 109 cm³/mol. The van der Waals surface area contributed by atoms with Crippen molar-refractivity contribution in [3.05, 3.63) is 105 Å². The van der Waals surface area contributed by atoms with Gasteiger partial charge in [-0.15, -0.1) is 0 Å². The molecule has 1 aliphatic carbocycles. The summed E-state index contributed by atoms with van der Waals surface area (Å²) in [6.45, 7) is 0.344. The molecule has 0 bridgehead atoms. The van der Waals surface area contributed by atoms with Crippen molar-refractivity contribution in [2.75, 3.05) is 6.61 Å². The highest BCUT2D eigenvalue weighted by Gasteiger charge is 2.51. The van der Waals surface area contributed by atoms with E-state index in [9.17, 15) is 18.8 Å². The van der Waals surface area contributed by atoms with Crippen LogP contribution in [0.3, 0.4) is 0 Å². The number of ether oxygens (including phenoxy) is 1.